The molecule has 0 saturated heterocycles. The molecule has 2 atom stereocenters. The summed E-state index contributed by atoms with van der Waals surface area (Å²) in [6.45, 7) is 4.21. The number of rotatable bonds is 13. The summed E-state index contributed by atoms with van der Waals surface area (Å²) in [6, 6.07) is 13.7. The van der Waals surface area contributed by atoms with E-state index in [-0.39, 0.29) is 37.7 Å². The summed E-state index contributed by atoms with van der Waals surface area (Å²) in [5.41, 5.74) is 7.63. The Kier molecular flexibility index (Phi) is 11.2. The molecular formula is C24H33ClIN3O5. The van der Waals surface area contributed by atoms with E-state index in [9.17, 15) is 15.3 Å². The van der Waals surface area contributed by atoms with Crippen molar-refractivity contribution in [1.29, 1.82) is 0 Å². The molecule has 0 saturated carbocycles. The molecule has 0 unspecified atom stereocenters. The van der Waals surface area contributed by atoms with Crippen molar-refractivity contribution in [2.24, 2.45) is 11.6 Å². The molecule has 188 valence electrons. The van der Waals surface area contributed by atoms with E-state index >= 15 is 0 Å². The Morgan fingerprint density at radius 1 is 1.09 bits per heavy atom. The number of hydrogen-bond donors (Lipinski definition) is 5. The van der Waals surface area contributed by atoms with Gasteiger partial charge in [-0.05, 0) is 58.0 Å². The van der Waals surface area contributed by atoms with E-state index in [4.69, 9.17) is 32.7 Å². The largest absolute Gasteiger partial charge is 0.491 e. The molecule has 2 rings (SSSR count). The van der Waals surface area contributed by atoms with Crippen molar-refractivity contribution in [3.8, 4) is 11.5 Å². The quantitative estimate of drug-likeness (QED) is 0.102. The van der Waals surface area contributed by atoms with Crippen LogP contribution in [0.1, 0.15) is 25.0 Å². The van der Waals surface area contributed by atoms with Crippen molar-refractivity contribution >= 4 is 34.2 Å². The molecule has 2 aromatic rings. The summed E-state index contributed by atoms with van der Waals surface area (Å²) in [4.78, 5) is 0. The van der Waals surface area contributed by atoms with E-state index in [1.54, 1.807) is 0 Å². The standard InChI is InChI=1S/C24H33ClIN3O5/c1-24(2,17-5-8-23(22(26)9-17)34-14-19(31)10-25)16-3-6-21(7-4-16)33-15-20(32)12-29(28)18(11-27)13-30/h3-9,11,19-20,30-32H,10,12-15,27-28H2,1-2H3/b18-11-/t19-,20-/m0/s1. The first-order valence-corrected chi connectivity index (χ1v) is 12.4. The van der Waals surface area contributed by atoms with Crippen LogP contribution in [0.3, 0.4) is 0 Å². The van der Waals surface area contributed by atoms with E-state index in [1.165, 1.54) is 11.2 Å². The molecule has 0 heterocycles. The van der Waals surface area contributed by atoms with E-state index in [0.29, 0.717) is 17.2 Å². The maximum Gasteiger partial charge on any atom is 0.132 e. The molecule has 8 nitrogen and oxygen atoms in total. The smallest absolute Gasteiger partial charge is 0.132 e. The van der Waals surface area contributed by atoms with Gasteiger partial charge >= 0.3 is 0 Å². The highest BCUT2D eigenvalue weighted by Crippen LogP contribution is 2.35. The summed E-state index contributed by atoms with van der Waals surface area (Å²) in [6.07, 6.45) is -0.372. The molecule has 0 radical (unpaired) electrons. The fourth-order valence-electron chi connectivity index (χ4n) is 3.20. The SMILES string of the molecule is CC(C)(c1ccc(OC[C@@H](O)CN(N)/C(=C\N)CO)cc1)c1ccc(OC[C@@H](O)CCl)c(I)c1. The number of ether oxygens (including phenoxy) is 2. The Morgan fingerprint density at radius 3 is 2.26 bits per heavy atom. The van der Waals surface area contributed by atoms with Gasteiger partial charge in [0.25, 0.3) is 0 Å². The average Bonchev–Trinajstić information content (AvgIpc) is 2.82. The number of nitrogens with zero attached hydrogens (tertiary/aromatic N) is 1. The second-order valence-corrected chi connectivity index (χ2v) is 9.82. The van der Waals surface area contributed by atoms with Crippen LogP contribution in [0.25, 0.3) is 0 Å². The van der Waals surface area contributed by atoms with Gasteiger partial charge < -0.3 is 35.5 Å². The Balaban J connectivity index is 2.00. The second kappa shape index (κ2) is 13.4. The Labute approximate surface area is 219 Å². The number of halogens is 2. The molecule has 0 aliphatic rings. The van der Waals surface area contributed by atoms with Crippen LogP contribution in [-0.2, 0) is 5.41 Å². The van der Waals surface area contributed by atoms with Gasteiger partial charge in [-0.25, -0.2) is 5.84 Å². The second-order valence-electron chi connectivity index (χ2n) is 8.35. The first kappa shape index (κ1) is 28.5. The van der Waals surface area contributed by atoms with Gasteiger partial charge in [0.2, 0.25) is 0 Å². The van der Waals surface area contributed by atoms with E-state index in [1.807, 2.05) is 36.4 Å². The number of alkyl halides is 1. The summed E-state index contributed by atoms with van der Waals surface area (Å²) in [7, 11) is 0. The van der Waals surface area contributed by atoms with Crippen LogP contribution in [0.2, 0.25) is 0 Å². The van der Waals surface area contributed by atoms with Crippen LogP contribution < -0.4 is 21.1 Å². The fourth-order valence-corrected chi connectivity index (χ4v) is 3.96. The molecule has 0 fully saturated rings. The highest BCUT2D eigenvalue weighted by Gasteiger charge is 2.24. The zero-order chi connectivity index (χ0) is 25.3. The topological polar surface area (TPSA) is 134 Å². The third kappa shape index (κ3) is 7.89. The lowest BCUT2D eigenvalue weighted by Crippen LogP contribution is -2.40. The van der Waals surface area contributed by atoms with Gasteiger partial charge in [-0.3, -0.25) is 0 Å². The lowest BCUT2D eigenvalue weighted by Gasteiger charge is -2.27. The number of benzene rings is 2. The molecule has 0 aliphatic carbocycles. The minimum absolute atomic E-state index is 0.0395. The Hall–Kier alpha value is -1.76. The van der Waals surface area contributed by atoms with Gasteiger partial charge in [0.1, 0.15) is 36.9 Å². The highest BCUT2D eigenvalue weighted by atomic mass is 127. The van der Waals surface area contributed by atoms with Crippen molar-refractivity contribution in [3.05, 3.63) is 69.1 Å². The summed E-state index contributed by atoms with van der Waals surface area (Å²) in [5.74, 6) is 7.22. The van der Waals surface area contributed by atoms with Crippen molar-refractivity contribution in [3.63, 3.8) is 0 Å². The third-order valence-corrected chi connectivity index (χ3v) is 6.61. The zero-order valence-corrected chi connectivity index (χ0v) is 22.2. The van der Waals surface area contributed by atoms with Crippen molar-refractivity contribution in [1.82, 2.24) is 5.01 Å². The molecule has 10 heteroatoms. The normalized spacial score (nSPS) is 13.9. The Bertz CT molecular complexity index is 943. The lowest BCUT2D eigenvalue weighted by atomic mass is 9.78. The van der Waals surface area contributed by atoms with Gasteiger partial charge in [-0.15, -0.1) is 11.6 Å². The summed E-state index contributed by atoms with van der Waals surface area (Å²) < 4.78 is 12.3. The molecule has 0 aromatic heterocycles. The molecule has 34 heavy (non-hydrogen) atoms. The predicted octanol–water partition coefficient (Wildman–Crippen LogP) is 2.30. The minimum Gasteiger partial charge on any atom is -0.491 e. The van der Waals surface area contributed by atoms with E-state index in [2.05, 4.69) is 42.5 Å². The number of aliphatic hydroxyl groups is 3. The van der Waals surface area contributed by atoms with Crippen molar-refractivity contribution in [2.75, 3.05) is 32.2 Å². The molecule has 2 aromatic carbocycles. The first-order valence-electron chi connectivity index (χ1n) is 10.7. The van der Waals surface area contributed by atoms with Gasteiger partial charge in [0.15, 0.2) is 0 Å². The first-order chi connectivity index (χ1) is 16.1. The molecule has 0 bridgehead atoms. The van der Waals surface area contributed by atoms with Gasteiger partial charge in [-0.2, -0.15) is 0 Å². The van der Waals surface area contributed by atoms with Crippen molar-refractivity contribution < 1.29 is 24.8 Å². The number of hydrazine groups is 1. The van der Waals surface area contributed by atoms with E-state index < -0.39 is 12.2 Å². The highest BCUT2D eigenvalue weighted by molar-refractivity contribution is 14.1. The third-order valence-electron chi connectivity index (χ3n) is 5.41. The Morgan fingerprint density at radius 2 is 1.71 bits per heavy atom. The summed E-state index contributed by atoms with van der Waals surface area (Å²) >= 11 is 7.85. The van der Waals surface area contributed by atoms with Crippen LogP contribution in [0.5, 0.6) is 11.5 Å². The lowest BCUT2D eigenvalue weighted by molar-refractivity contribution is 0.0745. The molecule has 7 N–H and O–H groups in total. The van der Waals surface area contributed by atoms with E-state index in [0.717, 1.165) is 14.7 Å². The fraction of sp³-hybridized carbons (Fsp3) is 0.417. The molecular weight excluding hydrogens is 573 g/mol. The predicted molar refractivity (Wildman–Crippen MR) is 142 cm³/mol. The van der Waals surface area contributed by atoms with Crippen molar-refractivity contribution in [2.45, 2.75) is 31.5 Å². The molecule has 0 amide bonds. The van der Waals surface area contributed by atoms with Gasteiger partial charge in [-0.1, -0.05) is 32.0 Å². The maximum atomic E-state index is 10.2. The number of aliphatic hydroxyl groups excluding tert-OH is 3. The molecule has 0 spiro atoms. The minimum atomic E-state index is -0.865. The molecule has 0 aliphatic heterocycles. The summed E-state index contributed by atoms with van der Waals surface area (Å²) in [5, 5.41) is 30.1. The zero-order valence-electron chi connectivity index (χ0n) is 19.3. The monoisotopic (exact) mass is 605 g/mol. The van der Waals surface area contributed by atoms with Crippen LogP contribution in [0.15, 0.2) is 54.4 Å². The number of nitrogens with two attached hydrogens (primary N) is 2. The van der Waals surface area contributed by atoms with Crippen LogP contribution in [-0.4, -0.2) is 64.8 Å². The van der Waals surface area contributed by atoms with Crippen LogP contribution >= 0.6 is 34.2 Å². The maximum absolute atomic E-state index is 10.2. The van der Waals surface area contributed by atoms with Gasteiger partial charge in [0, 0.05) is 11.6 Å². The number of hydrogen-bond acceptors (Lipinski definition) is 8. The van der Waals surface area contributed by atoms with Gasteiger partial charge in [0.05, 0.1) is 28.3 Å². The average molecular weight is 606 g/mol. The van der Waals surface area contributed by atoms with Crippen LogP contribution in [0.4, 0.5) is 0 Å². The van der Waals surface area contributed by atoms with Crippen LogP contribution in [0, 0.1) is 3.57 Å².